The summed E-state index contributed by atoms with van der Waals surface area (Å²) in [6.45, 7) is 0. The van der Waals surface area contributed by atoms with Gasteiger partial charge in [0, 0.05) is 5.69 Å². The maximum absolute atomic E-state index is 13.5. The van der Waals surface area contributed by atoms with E-state index in [0.717, 1.165) is 12.1 Å². The summed E-state index contributed by atoms with van der Waals surface area (Å²) in [5.41, 5.74) is 5.76. The summed E-state index contributed by atoms with van der Waals surface area (Å²) in [5, 5.41) is 0.0461. The molecule has 0 aliphatic rings. The van der Waals surface area contributed by atoms with E-state index in [1.54, 1.807) is 0 Å². The van der Waals surface area contributed by atoms with Crippen LogP contribution in [0.25, 0.3) is 0 Å². The van der Waals surface area contributed by atoms with Crippen LogP contribution < -0.4 is 10.5 Å². The Morgan fingerprint density at radius 1 is 1.10 bits per heavy atom. The fraction of sp³-hybridized carbons (Fsp3) is 0. The van der Waals surface area contributed by atoms with Gasteiger partial charge in [-0.2, -0.15) is 0 Å². The summed E-state index contributed by atoms with van der Waals surface area (Å²) >= 11 is 11.8. The molecule has 2 rings (SSSR count). The van der Waals surface area contributed by atoms with E-state index < -0.39 is 20.7 Å². The Hall–Kier alpha value is -1.50. The van der Waals surface area contributed by atoms with Crippen LogP contribution in [0, 0.1) is 5.82 Å². The first kappa shape index (κ1) is 14.9. The van der Waals surface area contributed by atoms with Crippen LogP contribution in [0.15, 0.2) is 41.3 Å². The molecule has 0 saturated heterocycles. The minimum atomic E-state index is -4.14. The highest BCUT2D eigenvalue weighted by Crippen LogP contribution is 2.34. The number of hydrogen-bond acceptors (Lipinski definition) is 3. The van der Waals surface area contributed by atoms with E-state index in [1.807, 2.05) is 0 Å². The molecule has 0 unspecified atom stereocenters. The second-order valence-electron chi connectivity index (χ2n) is 3.90. The molecule has 3 N–H and O–H groups in total. The molecule has 0 aromatic heterocycles. The van der Waals surface area contributed by atoms with Crippen LogP contribution in [-0.4, -0.2) is 8.42 Å². The molecule has 2 aromatic carbocycles. The van der Waals surface area contributed by atoms with Crippen LogP contribution in [0.5, 0.6) is 0 Å². The van der Waals surface area contributed by atoms with Gasteiger partial charge < -0.3 is 5.73 Å². The number of sulfonamides is 1. The highest BCUT2D eigenvalue weighted by molar-refractivity contribution is 7.92. The monoisotopic (exact) mass is 334 g/mol. The first-order valence-electron chi connectivity index (χ1n) is 5.33. The molecule has 0 aliphatic heterocycles. The molecule has 0 bridgehead atoms. The molecule has 0 aliphatic carbocycles. The summed E-state index contributed by atoms with van der Waals surface area (Å²) in [6.07, 6.45) is 0. The van der Waals surface area contributed by atoms with Gasteiger partial charge in [0.05, 0.1) is 15.7 Å². The van der Waals surface area contributed by atoms with Crippen LogP contribution >= 0.6 is 23.2 Å². The summed E-state index contributed by atoms with van der Waals surface area (Å²) < 4.78 is 39.9. The van der Waals surface area contributed by atoms with E-state index in [-0.39, 0.29) is 21.4 Å². The Morgan fingerprint density at radius 3 is 2.20 bits per heavy atom. The number of halogens is 3. The highest BCUT2D eigenvalue weighted by atomic mass is 35.5. The SMILES string of the molecule is Nc1cc(Cl)c(NS(=O)(=O)c2ccccc2F)c(Cl)c1. The molecule has 2 aromatic rings. The number of benzene rings is 2. The van der Waals surface area contributed by atoms with Crippen molar-refractivity contribution < 1.29 is 12.8 Å². The maximum atomic E-state index is 13.5. The van der Waals surface area contributed by atoms with E-state index in [0.29, 0.717) is 0 Å². The van der Waals surface area contributed by atoms with Crippen molar-refractivity contribution in [1.82, 2.24) is 0 Å². The third kappa shape index (κ3) is 2.98. The molecule has 20 heavy (non-hydrogen) atoms. The van der Waals surface area contributed by atoms with Crippen molar-refractivity contribution in [3.63, 3.8) is 0 Å². The van der Waals surface area contributed by atoms with Crippen LogP contribution in [0.3, 0.4) is 0 Å². The van der Waals surface area contributed by atoms with Gasteiger partial charge in [-0.3, -0.25) is 4.72 Å². The zero-order chi connectivity index (χ0) is 14.9. The smallest absolute Gasteiger partial charge is 0.264 e. The summed E-state index contributed by atoms with van der Waals surface area (Å²) in [4.78, 5) is -0.496. The van der Waals surface area contributed by atoms with Crippen molar-refractivity contribution in [3.05, 3.63) is 52.3 Å². The molecule has 106 valence electrons. The van der Waals surface area contributed by atoms with E-state index in [2.05, 4.69) is 4.72 Å². The molecule has 0 spiro atoms. The van der Waals surface area contributed by atoms with Crippen LogP contribution in [-0.2, 0) is 10.0 Å². The van der Waals surface area contributed by atoms with Gasteiger partial charge in [0.15, 0.2) is 0 Å². The molecule has 0 heterocycles. The summed E-state index contributed by atoms with van der Waals surface area (Å²) in [7, 11) is -4.14. The fourth-order valence-electron chi connectivity index (χ4n) is 1.54. The summed E-state index contributed by atoms with van der Waals surface area (Å²) in [5.74, 6) is -0.873. The molecular formula is C12H9Cl2FN2O2S. The molecule has 0 amide bonds. The Labute approximate surface area is 125 Å². The van der Waals surface area contributed by atoms with Gasteiger partial charge in [0.2, 0.25) is 0 Å². The molecule has 0 atom stereocenters. The molecular weight excluding hydrogens is 326 g/mol. The number of anilines is 2. The maximum Gasteiger partial charge on any atom is 0.264 e. The Morgan fingerprint density at radius 2 is 1.65 bits per heavy atom. The second kappa shape index (κ2) is 5.47. The lowest BCUT2D eigenvalue weighted by Crippen LogP contribution is -2.15. The zero-order valence-electron chi connectivity index (χ0n) is 9.90. The van der Waals surface area contributed by atoms with Gasteiger partial charge in [-0.05, 0) is 24.3 Å². The largest absolute Gasteiger partial charge is 0.399 e. The lowest BCUT2D eigenvalue weighted by Gasteiger charge is -2.12. The number of rotatable bonds is 3. The number of nitrogens with one attached hydrogen (secondary N) is 1. The van der Waals surface area contributed by atoms with Crippen LogP contribution in [0.1, 0.15) is 0 Å². The highest BCUT2D eigenvalue weighted by Gasteiger charge is 2.21. The topological polar surface area (TPSA) is 72.2 Å². The Kier molecular flexibility index (Phi) is 4.08. The predicted octanol–water partition coefficient (Wildman–Crippen LogP) is 3.52. The van der Waals surface area contributed by atoms with E-state index >= 15 is 0 Å². The lowest BCUT2D eigenvalue weighted by atomic mass is 10.3. The number of nitrogen functional groups attached to an aromatic ring is 1. The number of nitrogens with two attached hydrogens (primary N) is 1. The lowest BCUT2D eigenvalue weighted by molar-refractivity contribution is 0.570. The van der Waals surface area contributed by atoms with Gasteiger partial charge in [-0.15, -0.1) is 0 Å². The normalized spacial score (nSPS) is 11.3. The van der Waals surface area contributed by atoms with Crippen LogP contribution in [0.2, 0.25) is 10.0 Å². The molecule has 0 fully saturated rings. The van der Waals surface area contributed by atoms with Gasteiger partial charge in [-0.1, -0.05) is 35.3 Å². The van der Waals surface area contributed by atoms with E-state index in [9.17, 15) is 12.8 Å². The average molecular weight is 335 g/mol. The van der Waals surface area contributed by atoms with Crippen molar-refractivity contribution >= 4 is 44.6 Å². The standard InChI is InChI=1S/C12H9Cl2FN2O2S/c13-8-5-7(16)6-9(14)12(8)17-20(18,19)11-4-2-1-3-10(11)15/h1-6,17H,16H2. The minimum Gasteiger partial charge on any atom is -0.399 e. The van der Waals surface area contributed by atoms with Crippen molar-refractivity contribution in [2.45, 2.75) is 4.90 Å². The van der Waals surface area contributed by atoms with E-state index in [1.165, 1.54) is 24.3 Å². The summed E-state index contributed by atoms with van der Waals surface area (Å²) in [6, 6.07) is 7.65. The molecule has 0 saturated carbocycles. The minimum absolute atomic E-state index is 0.0231. The average Bonchev–Trinajstić information content (AvgIpc) is 2.34. The first-order valence-corrected chi connectivity index (χ1v) is 7.57. The quantitative estimate of drug-likeness (QED) is 0.843. The fourth-order valence-corrected chi connectivity index (χ4v) is 3.43. The third-order valence-electron chi connectivity index (χ3n) is 2.43. The molecule has 0 radical (unpaired) electrons. The predicted molar refractivity (Wildman–Crippen MR) is 78.1 cm³/mol. The van der Waals surface area contributed by atoms with Gasteiger partial charge in [0.25, 0.3) is 10.0 Å². The van der Waals surface area contributed by atoms with Crippen molar-refractivity contribution in [2.75, 3.05) is 10.5 Å². The van der Waals surface area contributed by atoms with Crippen molar-refractivity contribution in [1.29, 1.82) is 0 Å². The first-order chi connectivity index (χ1) is 9.31. The number of hydrogen-bond donors (Lipinski definition) is 2. The van der Waals surface area contributed by atoms with Gasteiger partial charge in [-0.25, -0.2) is 12.8 Å². The van der Waals surface area contributed by atoms with Gasteiger partial charge >= 0.3 is 0 Å². The van der Waals surface area contributed by atoms with Gasteiger partial charge in [0.1, 0.15) is 10.7 Å². The van der Waals surface area contributed by atoms with E-state index in [4.69, 9.17) is 28.9 Å². The van der Waals surface area contributed by atoms with Crippen molar-refractivity contribution in [2.24, 2.45) is 0 Å². The zero-order valence-corrected chi connectivity index (χ0v) is 12.2. The van der Waals surface area contributed by atoms with Crippen molar-refractivity contribution in [3.8, 4) is 0 Å². The molecule has 8 heteroatoms. The third-order valence-corrected chi connectivity index (χ3v) is 4.41. The van der Waals surface area contributed by atoms with Crippen LogP contribution in [0.4, 0.5) is 15.8 Å². The second-order valence-corrected chi connectivity index (χ2v) is 6.36. The molecule has 4 nitrogen and oxygen atoms in total. The Balaban J connectivity index is 2.47. The Bertz CT molecular complexity index is 743.